The maximum Gasteiger partial charge on any atom is 0.338 e. The molecule has 0 radical (unpaired) electrons. The Hall–Kier alpha value is -4.27. The minimum Gasteiger partial charge on any atom is -0.542 e. The molecule has 1 aliphatic carbocycles. The standard InChI is InChI=1S/C26H24N2O7/c1-3-34-22(29)12-17-6-5-7-18-19(17)13-21(23(18)30)28-14-20(27-24(28)25(31)32)15-8-10-16(11-9-15)26(33)35-4-2/h5-11,14,21H,3-4,12-13H2,1-2H3,(H,31,32)/p-1. The van der Waals surface area contributed by atoms with E-state index in [0.717, 1.165) is 0 Å². The summed E-state index contributed by atoms with van der Waals surface area (Å²) in [5, 5.41) is 11.9. The number of aromatic nitrogens is 2. The highest BCUT2D eigenvalue weighted by Gasteiger charge is 2.35. The maximum atomic E-state index is 13.2. The zero-order chi connectivity index (χ0) is 25.1. The van der Waals surface area contributed by atoms with Gasteiger partial charge in [-0.15, -0.1) is 0 Å². The summed E-state index contributed by atoms with van der Waals surface area (Å²) in [5.74, 6) is -3.03. The number of benzene rings is 2. The number of ketones is 1. The maximum absolute atomic E-state index is 13.2. The first-order valence-corrected chi connectivity index (χ1v) is 11.2. The number of nitrogens with zero attached hydrogens (tertiary/aromatic N) is 2. The Morgan fingerprint density at radius 1 is 1.06 bits per heavy atom. The molecule has 0 aliphatic heterocycles. The van der Waals surface area contributed by atoms with Crippen molar-refractivity contribution >= 4 is 23.7 Å². The van der Waals surface area contributed by atoms with Crippen molar-refractivity contribution in [3.05, 3.63) is 76.7 Å². The third-order valence-electron chi connectivity index (χ3n) is 5.82. The molecule has 35 heavy (non-hydrogen) atoms. The summed E-state index contributed by atoms with van der Waals surface area (Å²) >= 11 is 0. The number of rotatable bonds is 8. The largest absolute Gasteiger partial charge is 0.542 e. The highest BCUT2D eigenvalue weighted by Crippen LogP contribution is 2.35. The molecule has 1 unspecified atom stereocenters. The molecule has 1 heterocycles. The number of hydrogen-bond donors (Lipinski definition) is 0. The summed E-state index contributed by atoms with van der Waals surface area (Å²) in [7, 11) is 0. The van der Waals surface area contributed by atoms with Crippen LogP contribution in [0.4, 0.5) is 0 Å². The Labute approximate surface area is 201 Å². The van der Waals surface area contributed by atoms with Gasteiger partial charge in [0, 0.05) is 23.7 Å². The van der Waals surface area contributed by atoms with E-state index in [9.17, 15) is 24.3 Å². The zero-order valence-corrected chi connectivity index (χ0v) is 19.3. The van der Waals surface area contributed by atoms with Crippen LogP contribution >= 0.6 is 0 Å². The van der Waals surface area contributed by atoms with Crippen molar-refractivity contribution in [2.24, 2.45) is 0 Å². The van der Waals surface area contributed by atoms with E-state index in [0.29, 0.717) is 33.5 Å². The van der Waals surface area contributed by atoms with E-state index in [-0.39, 0.29) is 37.7 Å². The molecule has 0 spiro atoms. The SMILES string of the molecule is CCOC(=O)Cc1cccc2c1CC(n1cc(-c3ccc(C(=O)OCC)cc3)nc1C(=O)[O-])C2=O. The normalized spacial score (nSPS) is 14.5. The van der Waals surface area contributed by atoms with Gasteiger partial charge in [-0.1, -0.05) is 30.3 Å². The van der Waals surface area contributed by atoms with E-state index < -0.39 is 23.9 Å². The summed E-state index contributed by atoms with van der Waals surface area (Å²) in [6, 6.07) is 10.6. The van der Waals surface area contributed by atoms with Crippen molar-refractivity contribution in [3.8, 4) is 11.3 Å². The summed E-state index contributed by atoms with van der Waals surface area (Å²) in [6.07, 6.45) is 1.72. The number of carboxylic acids is 1. The molecule has 0 N–H and O–H groups in total. The summed E-state index contributed by atoms with van der Waals surface area (Å²) in [6.45, 7) is 3.93. The van der Waals surface area contributed by atoms with Crippen LogP contribution in [-0.4, -0.2) is 46.5 Å². The lowest BCUT2D eigenvalue weighted by Gasteiger charge is -2.14. The van der Waals surface area contributed by atoms with Crippen LogP contribution in [-0.2, 0) is 27.1 Å². The number of ether oxygens (including phenoxy) is 2. The second kappa shape index (κ2) is 9.92. The molecule has 9 heteroatoms. The van der Waals surface area contributed by atoms with E-state index in [2.05, 4.69) is 4.98 Å². The molecular weight excluding hydrogens is 452 g/mol. The Bertz CT molecular complexity index is 1310. The van der Waals surface area contributed by atoms with Crippen LogP contribution < -0.4 is 5.11 Å². The monoisotopic (exact) mass is 475 g/mol. The number of Topliss-reactive ketones (excluding diaryl/α,β-unsaturated/α-hetero) is 1. The predicted molar refractivity (Wildman–Crippen MR) is 122 cm³/mol. The Morgan fingerprint density at radius 3 is 2.43 bits per heavy atom. The van der Waals surface area contributed by atoms with Gasteiger partial charge in [0.05, 0.1) is 30.9 Å². The second-order valence-electron chi connectivity index (χ2n) is 7.95. The van der Waals surface area contributed by atoms with Crippen LogP contribution in [0.5, 0.6) is 0 Å². The minimum absolute atomic E-state index is 0.0202. The molecule has 2 aromatic carbocycles. The molecule has 4 rings (SSSR count). The van der Waals surface area contributed by atoms with Crippen LogP contribution in [0.3, 0.4) is 0 Å². The van der Waals surface area contributed by atoms with E-state index in [1.165, 1.54) is 10.8 Å². The van der Waals surface area contributed by atoms with Crippen LogP contribution in [0.15, 0.2) is 48.7 Å². The fraction of sp³-hybridized carbons (Fsp3) is 0.269. The molecule has 180 valence electrons. The van der Waals surface area contributed by atoms with Crippen LogP contribution in [0, 0.1) is 0 Å². The fourth-order valence-electron chi connectivity index (χ4n) is 4.24. The summed E-state index contributed by atoms with van der Waals surface area (Å²) in [5.41, 5.74) is 3.02. The molecule has 0 bridgehead atoms. The number of esters is 2. The predicted octanol–water partition coefficient (Wildman–Crippen LogP) is 2.18. The summed E-state index contributed by atoms with van der Waals surface area (Å²) < 4.78 is 11.3. The number of fused-ring (bicyclic) bond motifs is 1. The molecule has 3 aromatic rings. The first-order chi connectivity index (χ1) is 16.8. The molecule has 0 amide bonds. The van der Waals surface area contributed by atoms with Gasteiger partial charge in [0.2, 0.25) is 0 Å². The van der Waals surface area contributed by atoms with Gasteiger partial charge in [-0.2, -0.15) is 0 Å². The van der Waals surface area contributed by atoms with E-state index in [1.807, 2.05) is 0 Å². The van der Waals surface area contributed by atoms with E-state index in [4.69, 9.17) is 9.47 Å². The van der Waals surface area contributed by atoms with E-state index >= 15 is 0 Å². The van der Waals surface area contributed by atoms with Gasteiger partial charge in [-0.3, -0.25) is 9.59 Å². The van der Waals surface area contributed by atoms with Gasteiger partial charge in [-0.05, 0) is 37.1 Å². The highest BCUT2D eigenvalue weighted by atomic mass is 16.5. The fourth-order valence-corrected chi connectivity index (χ4v) is 4.24. The van der Waals surface area contributed by atoms with Crippen molar-refractivity contribution in [2.75, 3.05) is 13.2 Å². The average Bonchev–Trinajstić information content (AvgIpc) is 3.42. The average molecular weight is 475 g/mol. The molecular formula is C26H23N2O7-. The van der Waals surface area contributed by atoms with E-state index in [1.54, 1.807) is 56.3 Å². The molecule has 0 saturated carbocycles. The van der Waals surface area contributed by atoms with Gasteiger partial charge < -0.3 is 23.9 Å². The quantitative estimate of drug-likeness (QED) is 0.454. The zero-order valence-electron chi connectivity index (χ0n) is 19.3. The Kier molecular flexibility index (Phi) is 6.77. The minimum atomic E-state index is -1.52. The molecule has 9 nitrogen and oxygen atoms in total. The molecule has 1 aliphatic rings. The molecule has 1 aromatic heterocycles. The Balaban J connectivity index is 1.66. The third-order valence-corrected chi connectivity index (χ3v) is 5.82. The van der Waals surface area contributed by atoms with Crippen molar-refractivity contribution in [1.82, 2.24) is 9.55 Å². The Morgan fingerprint density at radius 2 is 1.77 bits per heavy atom. The molecule has 0 saturated heterocycles. The number of carboxylic acid groups (broad SMARTS) is 1. The van der Waals surface area contributed by atoms with Gasteiger partial charge in [0.1, 0.15) is 12.0 Å². The van der Waals surface area contributed by atoms with Crippen LogP contribution in [0.25, 0.3) is 11.3 Å². The van der Waals surface area contributed by atoms with Gasteiger partial charge >= 0.3 is 11.9 Å². The van der Waals surface area contributed by atoms with Gasteiger partial charge in [0.15, 0.2) is 11.6 Å². The molecule has 1 atom stereocenters. The number of aromatic carboxylic acids is 1. The lowest BCUT2D eigenvalue weighted by atomic mass is 10.0. The number of carbonyl (C=O) groups is 4. The topological polar surface area (TPSA) is 128 Å². The first-order valence-electron chi connectivity index (χ1n) is 11.2. The number of carbonyl (C=O) groups excluding carboxylic acids is 4. The van der Waals surface area contributed by atoms with Gasteiger partial charge in [-0.25, -0.2) is 9.78 Å². The lowest BCUT2D eigenvalue weighted by Crippen LogP contribution is -2.29. The first kappa shape index (κ1) is 23.9. The van der Waals surface area contributed by atoms with Crippen molar-refractivity contribution in [2.45, 2.75) is 32.7 Å². The van der Waals surface area contributed by atoms with Crippen molar-refractivity contribution in [1.29, 1.82) is 0 Å². The second-order valence-corrected chi connectivity index (χ2v) is 7.95. The van der Waals surface area contributed by atoms with Crippen molar-refractivity contribution in [3.63, 3.8) is 0 Å². The number of imidazole rings is 1. The lowest BCUT2D eigenvalue weighted by molar-refractivity contribution is -0.256. The summed E-state index contributed by atoms with van der Waals surface area (Å²) in [4.78, 5) is 53.2. The van der Waals surface area contributed by atoms with Crippen molar-refractivity contribution < 1.29 is 33.8 Å². The number of hydrogen-bond acceptors (Lipinski definition) is 8. The third kappa shape index (κ3) is 4.70. The van der Waals surface area contributed by atoms with Gasteiger partial charge in [0.25, 0.3) is 0 Å². The molecule has 0 fully saturated rings. The smallest absolute Gasteiger partial charge is 0.338 e. The van der Waals surface area contributed by atoms with Crippen LogP contribution in [0.2, 0.25) is 0 Å². The highest BCUT2D eigenvalue weighted by molar-refractivity contribution is 6.04. The van der Waals surface area contributed by atoms with Crippen LogP contribution in [0.1, 0.15) is 62.4 Å².